The number of nitrogens with zero attached hydrogens (tertiary/aromatic N) is 1. The summed E-state index contributed by atoms with van der Waals surface area (Å²) in [5.74, 6) is -0.0476. The van der Waals surface area contributed by atoms with E-state index in [1.165, 1.54) is 37.0 Å². The minimum atomic E-state index is -4.37. The summed E-state index contributed by atoms with van der Waals surface area (Å²) in [4.78, 5) is 14.8. The molecule has 0 spiro atoms. The van der Waals surface area contributed by atoms with Crippen LogP contribution < -0.4 is 10.1 Å². The molecule has 156 valence electrons. The highest BCUT2D eigenvalue weighted by atomic mass is 19.4. The van der Waals surface area contributed by atoms with Crippen molar-refractivity contribution in [3.63, 3.8) is 0 Å². The Bertz CT molecular complexity index is 783. The van der Waals surface area contributed by atoms with Gasteiger partial charge in [-0.25, -0.2) is 0 Å². The Labute approximate surface area is 168 Å². The fraction of sp³-hybridized carbons (Fsp3) is 0.409. The predicted octanol–water partition coefficient (Wildman–Crippen LogP) is 4.54. The number of carbonyl (C=O) groups is 1. The van der Waals surface area contributed by atoms with E-state index in [0.29, 0.717) is 5.56 Å². The molecule has 0 bridgehead atoms. The van der Waals surface area contributed by atoms with Crippen LogP contribution in [-0.2, 0) is 13.1 Å². The third-order valence-corrected chi connectivity index (χ3v) is 4.85. The van der Waals surface area contributed by atoms with Crippen molar-refractivity contribution in [1.29, 1.82) is 0 Å². The minimum Gasteiger partial charge on any atom is -0.484 e. The number of hydrogen-bond donors (Lipinski definition) is 1. The highest BCUT2D eigenvalue weighted by Crippen LogP contribution is 2.19. The van der Waals surface area contributed by atoms with Gasteiger partial charge in [0, 0.05) is 18.7 Å². The number of piperidine rings is 1. The van der Waals surface area contributed by atoms with Crippen LogP contribution in [0.3, 0.4) is 0 Å². The van der Waals surface area contributed by atoms with Crippen molar-refractivity contribution in [2.24, 2.45) is 0 Å². The molecule has 1 aliphatic rings. The van der Waals surface area contributed by atoms with E-state index in [1.807, 2.05) is 24.3 Å². The molecule has 1 saturated heterocycles. The number of alkyl halides is 3. The van der Waals surface area contributed by atoms with Crippen LogP contribution in [0.4, 0.5) is 13.2 Å². The van der Waals surface area contributed by atoms with Crippen LogP contribution in [0.1, 0.15) is 40.7 Å². The number of rotatable bonds is 7. The number of ether oxygens (including phenoxy) is 1. The van der Waals surface area contributed by atoms with Gasteiger partial charge in [-0.05, 0) is 61.3 Å². The normalized spacial score (nSPS) is 15.1. The van der Waals surface area contributed by atoms with Gasteiger partial charge in [0.2, 0.25) is 0 Å². The van der Waals surface area contributed by atoms with Crippen LogP contribution in [0.25, 0.3) is 0 Å². The molecule has 0 aliphatic carbocycles. The number of hydrogen-bond acceptors (Lipinski definition) is 3. The first-order chi connectivity index (χ1) is 13.9. The third kappa shape index (κ3) is 7.09. The Morgan fingerprint density at radius 2 is 1.55 bits per heavy atom. The van der Waals surface area contributed by atoms with Crippen molar-refractivity contribution in [3.05, 3.63) is 65.2 Å². The molecule has 0 radical (unpaired) electrons. The van der Waals surface area contributed by atoms with E-state index in [4.69, 9.17) is 0 Å². The van der Waals surface area contributed by atoms with Crippen molar-refractivity contribution in [1.82, 2.24) is 10.2 Å². The highest BCUT2D eigenvalue weighted by molar-refractivity contribution is 5.94. The van der Waals surface area contributed by atoms with Crippen molar-refractivity contribution in [2.75, 3.05) is 19.7 Å². The number of nitrogens with one attached hydrogen (secondary N) is 1. The van der Waals surface area contributed by atoms with Gasteiger partial charge in [0.05, 0.1) is 0 Å². The van der Waals surface area contributed by atoms with Gasteiger partial charge in [-0.1, -0.05) is 30.7 Å². The molecule has 0 aromatic heterocycles. The second-order valence-electron chi connectivity index (χ2n) is 7.26. The van der Waals surface area contributed by atoms with Crippen molar-refractivity contribution in [2.45, 2.75) is 38.5 Å². The van der Waals surface area contributed by atoms with Crippen LogP contribution in [0, 0.1) is 0 Å². The molecule has 2 aromatic rings. The summed E-state index contributed by atoms with van der Waals surface area (Å²) in [7, 11) is 0. The van der Waals surface area contributed by atoms with Crippen LogP contribution in [0.2, 0.25) is 0 Å². The molecule has 1 heterocycles. The molecule has 7 heteroatoms. The molecular formula is C22H25F3N2O2. The smallest absolute Gasteiger partial charge is 0.422 e. The number of likely N-dealkylation sites (tertiary alicyclic amines) is 1. The maximum Gasteiger partial charge on any atom is 0.422 e. The summed E-state index contributed by atoms with van der Waals surface area (Å²) in [6.45, 7) is 2.12. The number of benzene rings is 2. The second kappa shape index (κ2) is 9.78. The first kappa shape index (κ1) is 21.2. The average molecular weight is 406 g/mol. The van der Waals surface area contributed by atoms with Gasteiger partial charge in [-0.15, -0.1) is 0 Å². The van der Waals surface area contributed by atoms with Gasteiger partial charge in [-0.2, -0.15) is 13.2 Å². The predicted molar refractivity (Wildman–Crippen MR) is 105 cm³/mol. The maximum atomic E-state index is 12.3. The maximum absolute atomic E-state index is 12.3. The monoisotopic (exact) mass is 406 g/mol. The van der Waals surface area contributed by atoms with Gasteiger partial charge in [0.1, 0.15) is 5.75 Å². The molecule has 0 atom stereocenters. The Hall–Kier alpha value is -2.54. The van der Waals surface area contributed by atoms with Gasteiger partial charge >= 0.3 is 6.18 Å². The zero-order chi connectivity index (χ0) is 20.7. The molecular weight excluding hydrogens is 381 g/mol. The Morgan fingerprint density at radius 3 is 2.17 bits per heavy atom. The Kier molecular flexibility index (Phi) is 7.14. The van der Waals surface area contributed by atoms with E-state index in [-0.39, 0.29) is 18.2 Å². The SMILES string of the molecule is O=C(NCc1ccc(OCC(F)(F)F)cc1)c1ccc(CN2CCCCC2)cc1. The lowest BCUT2D eigenvalue weighted by atomic mass is 10.1. The van der Waals surface area contributed by atoms with Gasteiger partial charge in [0.25, 0.3) is 5.91 Å². The van der Waals surface area contributed by atoms with Crippen molar-refractivity contribution in [3.8, 4) is 5.75 Å². The summed E-state index contributed by atoms with van der Waals surface area (Å²) in [6.07, 6.45) is -0.569. The molecule has 1 N–H and O–H groups in total. The van der Waals surface area contributed by atoms with E-state index >= 15 is 0 Å². The standard InChI is InChI=1S/C22H25F3N2O2/c23-22(24,25)16-29-20-10-6-17(7-11-20)14-26-21(28)19-8-4-18(5-9-19)15-27-12-2-1-3-13-27/h4-11H,1-3,12-16H2,(H,26,28). The fourth-order valence-corrected chi connectivity index (χ4v) is 3.29. The van der Waals surface area contributed by atoms with E-state index in [9.17, 15) is 18.0 Å². The zero-order valence-electron chi connectivity index (χ0n) is 16.2. The molecule has 0 unspecified atom stereocenters. The zero-order valence-corrected chi connectivity index (χ0v) is 16.2. The van der Waals surface area contributed by atoms with Crippen molar-refractivity contribution < 1.29 is 22.7 Å². The lowest BCUT2D eigenvalue weighted by Gasteiger charge is -2.26. The lowest BCUT2D eigenvalue weighted by molar-refractivity contribution is -0.153. The molecule has 2 aromatic carbocycles. The molecule has 0 saturated carbocycles. The van der Waals surface area contributed by atoms with E-state index < -0.39 is 12.8 Å². The summed E-state index contributed by atoms with van der Waals surface area (Å²) >= 11 is 0. The number of halogens is 3. The van der Waals surface area contributed by atoms with E-state index in [1.54, 1.807) is 12.1 Å². The highest BCUT2D eigenvalue weighted by Gasteiger charge is 2.28. The van der Waals surface area contributed by atoms with Crippen LogP contribution in [0.5, 0.6) is 5.75 Å². The topological polar surface area (TPSA) is 41.6 Å². The first-order valence-electron chi connectivity index (χ1n) is 9.77. The van der Waals surface area contributed by atoms with Gasteiger partial charge < -0.3 is 10.1 Å². The third-order valence-electron chi connectivity index (χ3n) is 4.85. The summed E-state index contributed by atoms with van der Waals surface area (Å²) in [5, 5.41) is 2.82. The first-order valence-corrected chi connectivity index (χ1v) is 9.77. The van der Waals surface area contributed by atoms with Crippen LogP contribution in [0.15, 0.2) is 48.5 Å². The fourth-order valence-electron chi connectivity index (χ4n) is 3.29. The van der Waals surface area contributed by atoms with Gasteiger partial charge in [0.15, 0.2) is 6.61 Å². The summed E-state index contributed by atoms with van der Waals surface area (Å²) < 4.78 is 41.1. The lowest BCUT2D eigenvalue weighted by Crippen LogP contribution is -2.29. The van der Waals surface area contributed by atoms with Crippen LogP contribution >= 0.6 is 0 Å². The average Bonchev–Trinajstić information content (AvgIpc) is 2.72. The second-order valence-corrected chi connectivity index (χ2v) is 7.26. The Balaban J connectivity index is 1.46. The van der Waals surface area contributed by atoms with Crippen molar-refractivity contribution >= 4 is 5.91 Å². The van der Waals surface area contributed by atoms with E-state index in [2.05, 4.69) is 15.0 Å². The van der Waals surface area contributed by atoms with Crippen LogP contribution in [-0.4, -0.2) is 36.7 Å². The summed E-state index contributed by atoms with van der Waals surface area (Å²) in [5.41, 5.74) is 2.55. The number of carbonyl (C=O) groups excluding carboxylic acids is 1. The number of amides is 1. The molecule has 4 nitrogen and oxygen atoms in total. The summed E-state index contributed by atoms with van der Waals surface area (Å²) in [6, 6.07) is 13.8. The van der Waals surface area contributed by atoms with Gasteiger partial charge in [-0.3, -0.25) is 9.69 Å². The molecule has 3 rings (SSSR count). The molecule has 1 amide bonds. The van der Waals surface area contributed by atoms with E-state index in [0.717, 1.165) is 25.2 Å². The largest absolute Gasteiger partial charge is 0.484 e. The molecule has 29 heavy (non-hydrogen) atoms. The Morgan fingerprint density at radius 1 is 0.931 bits per heavy atom. The quantitative estimate of drug-likeness (QED) is 0.734. The molecule has 1 fully saturated rings. The minimum absolute atomic E-state index is 0.140. The molecule has 1 aliphatic heterocycles.